The van der Waals surface area contributed by atoms with Crippen LogP contribution in [0.15, 0.2) is 72.9 Å². The van der Waals surface area contributed by atoms with Crippen molar-refractivity contribution >= 4 is 28.8 Å². The molecule has 12 heteroatoms. The standard InChI is InChI=1S/C31H30F3N3O6/c1-41-24-15-14-21-16-23(13-12-22(21)17-24)26-18-35-28(36-26)25(37-30(40)42-19-20-8-4-2-5-9-20)10-6-3-7-11-27(38)43-29(39)31(32,33)34/h2,4-5,8-9,12-18,25H,3,6-7,10-11,19H2,1H3,(H,35,36)(H,37,40)/p+1. The molecule has 1 heterocycles. The predicted molar refractivity (Wildman–Crippen MR) is 150 cm³/mol. The number of imidazole rings is 1. The molecule has 0 bridgehead atoms. The summed E-state index contributed by atoms with van der Waals surface area (Å²) in [5.74, 6) is -2.40. The minimum absolute atomic E-state index is 0.0831. The maximum absolute atomic E-state index is 12.7. The maximum atomic E-state index is 12.7. The van der Waals surface area contributed by atoms with Crippen molar-refractivity contribution in [2.45, 2.75) is 50.9 Å². The van der Waals surface area contributed by atoms with Gasteiger partial charge in [0.2, 0.25) is 0 Å². The van der Waals surface area contributed by atoms with Gasteiger partial charge in [-0.05, 0) is 53.4 Å². The zero-order valence-electron chi connectivity index (χ0n) is 23.3. The molecule has 0 saturated carbocycles. The quantitative estimate of drug-likeness (QED) is 0.114. The number of hydrogen-bond donors (Lipinski definition) is 2. The number of fused-ring (bicyclic) bond motifs is 1. The van der Waals surface area contributed by atoms with Crippen molar-refractivity contribution in [1.82, 2.24) is 10.3 Å². The fraction of sp³-hybridized carbons (Fsp3) is 0.290. The lowest BCUT2D eigenvalue weighted by Gasteiger charge is -2.14. The van der Waals surface area contributed by atoms with Crippen molar-refractivity contribution in [1.29, 1.82) is 0 Å². The molecule has 0 saturated heterocycles. The average Bonchev–Trinajstić information content (AvgIpc) is 3.49. The lowest BCUT2D eigenvalue weighted by Crippen LogP contribution is -2.32. The highest BCUT2D eigenvalue weighted by molar-refractivity contribution is 5.88. The van der Waals surface area contributed by atoms with Crippen LogP contribution in [0.3, 0.4) is 0 Å². The SMILES string of the molecule is COc1ccc2cc(-c3c[nH+]c(C(CCCCCC(=O)OC(=O)C(F)(F)F)NC(=O)OCc4ccccc4)[nH]3)ccc2c1. The first kappa shape index (κ1) is 31.1. The van der Waals surface area contributed by atoms with Gasteiger partial charge in [-0.1, -0.05) is 55.3 Å². The summed E-state index contributed by atoms with van der Waals surface area (Å²) in [7, 11) is 1.61. The molecule has 0 aliphatic carbocycles. The van der Waals surface area contributed by atoms with E-state index in [4.69, 9.17) is 9.47 Å². The summed E-state index contributed by atoms with van der Waals surface area (Å²) in [6.07, 6.45) is -2.84. The van der Waals surface area contributed by atoms with Gasteiger partial charge in [0.05, 0.1) is 7.11 Å². The van der Waals surface area contributed by atoms with Gasteiger partial charge < -0.3 is 19.5 Å². The van der Waals surface area contributed by atoms with Gasteiger partial charge in [-0.15, -0.1) is 0 Å². The third-order valence-corrected chi connectivity index (χ3v) is 6.66. The Morgan fingerprint density at radius 3 is 2.44 bits per heavy atom. The minimum Gasteiger partial charge on any atom is -0.497 e. The summed E-state index contributed by atoms with van der Waals surface area (Å²) >= 11 is 0. The van der Waals surface area contributed by atoms with E-state index in [1.807, 2.05) is 66.7 Å². The number of carbonyl (C=O) groups is 3. The van der Waals surface area contributed by atoms with Crippen molar-refractivity contribution < 1.29 is 46.7 Å². The lowest BCUT2D eigenvalue weighted by molar-refractivity contribution is -0.391. The molecule has 3 aromatic carbocycles. The van der Waals surface area contributed by atoms with Gasteiger partial charge in [0, 0.05) is 12.0 Å². The largest absolute Gasteiger partial charge is 0.497 e. The highest BCUT2D eigenvalue weighted by Gasteiger charge is 2.42. The van der Waals surface area contributed by atoms with E-state index in [1.54, 1.807) is 13.3 Å². The summed E-state index contributed by atoms with van der Waals surface area (Å²) in [6, 6.07) is 20.4. The number of amides is 1. The van der Waals surface area contributed by atoms with Gasteiger partial charge in [0.15, 0.2) is 5.69 Å². The topological polar surface area (TPSA) is 121 Å². The monoisotopic (exact) mass is 598 g/mol. The number of hydrogen-bond acceptors (Lipinski definition) is 6. The van der Waals surface area contributed by atoms with Crippen LogP contribution in [0.25, 0.3) is 22.0 Å². The number of aromatic nitrogens is 2. The van der Waals surface area contributed by atoms with Crippen LogP contribution in [0.2, 0.25) is 0 Å². The maximum Gasteiger partial charge on any atom is 0.491 e. The number of alkyl halides is 3. The van der Waals surface area contributed by atoms with Crippen LogP contribution in [0.1, 0.15) is 49.5 Å². The van der Waals surface area contributed by atoms with E-state index < -0.39 is 30.2 Å². The second kappa shape index (κ2) is 14.3. The molecule has 0 spiro atoms. The normalized spacial score (nSPS) is 12.0. The Balaban J connectivity index is 1.40. The third-order valence-electron chi connectivity index (χ3n) is 6.66. The number of halogens is 3. The van der Waals surface area contributed by atoms with E-state index >= 15 is 0 Å². The Bertz CT molecular complexity index is 1560. The van der Waals surface area contributed by atoms with Crippen LogP contribution in [-0.2, 0) is 25.7 Å². The van der Waals surface area contributed by atoms with Crippen molar-refractivity contribution in [2.75, 3.05) is 7.11 Å². The number of rotatable bonds is 12. The van der Waals surface area contributed by atoms with Gasteiger partial charge in [-0.2, -0.15) is 13.2 Å². The molecule has 4 rings (SSSR count). The number of alkyl carbamates (subject to hydrolysis) is 1. The van der Waals surface area contributed by atoms with Gasteiger partial charge in [0.25, 0.3) is 5.82 Å². The smallest absolute Gasteiger partial charge is 0.491 e. The molecule has 226 valence electrons. The van der Waals surface area contributed by atoms with Crippen LogP contribution >= 0.6 is 0 Å². The van der Waals surface area contributed by atoms with E-state index in [2.05, 4.69) is 20.0 Å². The van der Waals surface area contributed by atoms with Crippen molar-refractivity contribution in [3.05, 3.63) is 84.3 Å². The molecule has 1 amide bonds. The molecule has 1 unspecified atom stereocenters. The summed E-state index contributed by atoms with van der Waals surface area (Å²) in [4.78, 5) is 41.6. The van der Waals surface area contributed by atoms with Crippen LogP contribution in [0.4, 0.5) is 18.0 Å². The molecule has 1 aromatic heterocycles. The summed E-state index contributed by atoms with van der Waals surface area (Å²) < 4.78 is 51.4. The number of esters is 2. The van der Waals surface area contributed by atoms with E-state index in [0.717, 1.165) is 33.3 Å². The Labute approximate surface area is 245 Å². The third kappa shape index (κ3) is 9.06. The molecule has 0 radical (unpaired) electrons. The summed E-state index contributed by atoms with van der Waals surface area (Å²) in [6.45, 7) is 0.0831. The average molecular weight is 599 g/mol. The Kier molecular flexibility index (Phi) is 10.4. The molecule has 0 fully saturated rings. The molecular weight excluding hydrogens is 567 g/mol. The molecule has 0 aliphatic rings. The number of aromatic amines is 2. The molecule has 1 atom stereocenters. The fourth-order valence-corrected chi connectivity index (χ4v) is 4.43. The second-order valence-electron chi connectivity index (χ2n) is 9.79. The number of nitrogens with one attached hydrogen (secondary N) is 3. The van der Waals surface area contributed by atoms with E-state index in [-0.39, 0.29) is 19.4 Å². The first-order valence-corrected chi connectivity index (χ1v) is 13.6. The predicted octanol–water partition coefficient (Wildman–Crippen LogP) is 6.21. The Morgan fingerprint density at radius 2 is 1.70 bits per heavy atom. The van der Waals surface area contributed by atoms with Crippen molar-refractivity contribution in [3.63, 3.8) is 0 Å². The summed E-state index contributed by atoms with van der Waals surface area (Å²) in [5.41, 5.74) is 2.53. The molecular formula is C31H31F3N3O6+. The van der Waals surface area contributed by atoms with E-state index in [9.17, 15) is 27.6 Å². The first-order chi connectivity index (χ1) is 20.6. The highest BCUT2D eigenvalue weighted by atomic mass is 19.4. The summed E-state index contributed by atoms with van der Waals surface area (Å²) in [5, 5.41) is 4.89. The Hall–Kier alpha value is -4.87. The zero-order valence-corrected chi connectivity index (χ0v) is 23.3. The molecule has 3 N–H and O–H groups in total. The number of unbranched alkanes of at least 4 members (excludes halogenated alkanes) is 2. The number of H-pyrrole nitrogens is 2. The zero-order chi connectivity index (χ0) is 30.8. The lowest BCUT2D eigenvalue weighted by atomic mass is 10.0. The molecule has 4 aromatic rings. The highest BCUT2D eigenvalue weighted by Crippen LogP contribution is 2.27. The van der Waals surface area contributed by atoms with Crippen molar-refractivity contribution in [3.8, 4) is 17.0 Å². The molecule has 43 heavy (non-hydrogen) atoms. The fourth-order valence-electron chi connectivity index (χ4n) is 4.43. The van der Waals surface area contributed by atoms with Crippen LogP contribution in [0.5, 0.6) is 5.75 Å². The van der Waals surface area contributed by atoms with Gasteiger partial charge in [-0.3, -0.25) is 4.79 Å². The van der Waals surface area contributed by atoms with E-state index in [1.165, 1.54) is 0 Å². The number of benzene rings is 3. The molecule has 0 aliphatic heterocycles. The minimum atomic E-state index is -5.23. The van der Waals surface area contributed by atoms with E-state index in [0.29, 0.717) is 25.1 Å². The first-order valence-electron chi connectivity index (χ1n) is 13.6. The van der Waals surface area contributed by atoms with Gasteiger partial charge in [0.1, 0.15) is 24.6 Å². The second-order valence-corrected chi connectivity index (χ2v) is 9.79. The van der Waals surface area contributed by atoms with Crippen molar-refractivity contribution in [2.24, 2.45) is 0 Å². The van der Waals surface area contributed by atoms with Gasteiger partial charge in [-0.25, -0.2) is 19.6 Å². The Morgan fingerprint density at radius 1 is 0.953 bits per heavy atom. The van der Waals surface area contributed by atoms with Crippen LogP contribution in [0, 0.1) is 0 Å². The molecule has 9 nitrogen and oxygen atoms in total. The number of methoxy groups -OCH3 is 1. The van der Waals surface area contributed by atoms with Crippen LogP contribution in [-0.4, -0.2) is 36.3 Å². The number of carbonyl (C=O) groups excluding carboxylic acids is 3. The number of ether oxygens (including phenoxy) is 3. The van der Waals surface area contributed by atoms with Gasteiger partial charge >= 0.3 is 24.2 Å². The van der Waals surface area contributed by atoms with Crippen LogP contribution < -0.4 is 15.0 Å².